The molecule has 0 saturated carbocycles. The Bertz CT molecular complexity index is 320. The summed E-state index contributed by atoms with van der Waals surface area (Å²) in [5.74, 6) is -0.171. The van der Waals surface area contributed by atoms with Crippen molar-refractivity contribution in [3.63, 3.8) is 0 Å². The van der Waals surface area contributed by atoms with Gasteiger partial charge in [0.25, 0.3) is 0 Å². The molecule has 0 aliphatic heterocycles. The SMILES string of the molecule is CCCC(=O)NCCC(=O)NCCOCCOCC(C)=O. The minimum atomic E-state index is -0.122. The molecule has 0 bridgehead atoms. The van der Waals surface area contributed by atoms with Crippen LogP contribution in [0, 0.1) is 0 Å². The quantitative estimate of drug-likeness (QED) is 0.468. The number of amides is 2. The van der Waals surface area contributed by atoms with E-state index in [1.165, 1.54) is 6.92 Å². The fourth-order valence-electron chi connectivity index (χ4n) is 1.42. The highest BCUT2D eigenvalue weighted by molar-refractivity contribution is 5.78. The van der Waals surface area contributed by atoms with Crippen LogP contribution < -0.4 is 10.6 Å². The molecule has 0 unspecified atom stereocenters. The molecule has 0 aromatic heterocycles. The second-order valence-corrected chi connectivity index (χ2v) is 4.57. The molecule has 0 aliphatic rings. The Balaban J connectivity index is 3.30. The number of hydrogen-bond acceptors (Lipinski definition) is 5. The highest BCUT2D eigenvalue weighted by atomic mass is 16.5. The number of ketones is 1. The third-order valence-electron chi connectivity index (χ3n) is 2.40. The summed E-state index contributed by atoms with van der Waals surface area (Å²) in [6.07, 6.45) is 1.55. The van der Waals surface area contributed by atoms with Crippen molar-refractivity contribution < 1.29 is 23.9 Å². The van der Waals surface area contributed by atoms with Crippen LogP contribution >= 0.6 is 0 Å². The van der Waals surface area contributed by atoms with Crippen molar-refractivity contribution in [3.8, 4) is 0 Å². The molecule has 7 heteroatoms. The zero-order valence-electron chi connectivity index (χ0n) is 12.9. The van der Waals surface area contributed by atoms with Gasteiger partial charge in [-0.05, 0) is 13.3 Å². The second kappa shape index (κ2) is 13.5. The molecule has 7 nitrogen and oxygen atoms in total. The molecule has 0 rings (SSSR count). The van der Waals surface area contributed by atoms with Crippen LogP contribution in [0.25, 0.3) is 0 Å². The Hall–Kier alpha value is -1.47. The number of nitrogens with one attached hydrogen (secondary N) is 2. The third kappa shape index (κ3) is 14.7. The fraction of sp³-hybridized carbons (Fsp3) is 0.786. The van der Waals surface area contributed by atoms with E-state index in [1.54, 1.807) is 0 Å². The van der Waals surface area contributed by atoms with E-state index in [0.717, 1.165) is 6.42 Å². The molecule has 0 spiro atoms. The average molecular weight is 302 g/mol. The molecule has 0 aromatic rings. The minimum absolute atomic E-state index is 0.0201. The lowest BCUT2D eigenvalue weighted by Gasteiger charge is -2.07. The van der Waals surface area contributed by atoms with Crippen LogP contribution in [0.4, 0.5) is 0 Å². The largest absolute Gasteiger partial charge is 0.377 e. The van der Waals surface area contributed by atoms with Gasteiger partial charge in [0, 0.05) is 25.9 Å². The van der Waals surface area contributed by atoms with Crippen LogP contribution in [0.5, 0.6) is 0 Å². The van der Waals surface area contributed by atoms with Crippen molar-refractivity contribution in [2.45, 2.75) is 33.1 Å². The van der Waals surface area contributed by atoms with Crippen LogP contribution in [-0.2, 0) is 23.9 Å². The lowest BCUT2D eigenvalue weighted by atomic mass is 10.3. The molecule has 122 valence electrons. The van der Waals surface area contributed by atoms with E-state index < -0.39 is 0 Å². The first-order chi connectivity index (χ1) is 10.1. The van der Waals surface area contributed by atoms with Gasteiger partial charge in [-0.2, -0.15) is 0 Å². The zero-order valence-corrected chi connectivity index (χ0v) is 12.9. The smallest absolute Gasteiger partial charge is 0.221 e. The van der Waals surface area contributed by atoms with Gasteiger partial charge in [0.15, 0.2) is 5.78 Å². The molecule has 0 heterocycles. The molecule has 0 fully saturated rings. The van der Waals surface area contributed by atoms with E-state index in [4.69, 9.17) is 9.47 Å². The molecular formula is C14H26N2O5. The molecule has 0 aromatic carbocycles. The van der Waals surface area contributed by atoms with Crippen LogP contribution in [-0.4, -0.2) is 57.1 Å². The first-order valence-electron chi connectivity index (χ1n) is 7.24. The Morgan fingerprint density at radius 2 is 1.48 bits per heavy atom. The average Bonchev–Trinajstić information content (AvgIpc) is 2.41. The van der Waals surface area contributed by atoms with E-state index in [1.807, 2.05) is 6.92 Å². The maximum atomic E-state index is 11.4. The maximum absolute atomic E-state index is 11.4. The van der Waals surface area contributed by atoms with Crippen molar-refractivity contribution in [3.05, 3.63) is 0 Å². The standard InChI is InChI=1S/C14H26N2O5/c1-3-4-13(18)15-6-5-14(19)16-7-8-20-9-10-21-11-12(2)17/h3-11H2,1-2H3,(H,15,18)(H,16,19). The van der Waals surface area contributed by atoms with Crippen LogP contribution in [0.15, 0.2) is 0 Å². The Morgan fingerprint density at radius 3 is 2.14 bits per heavy atom. The van der Waals surface area contributed by atoms with Gasteiger partial charge in [-0.1, -0.05) is 6.92 Å². The molecule has 0 saturated heterocycles. The summed E-state index contributed by atoms with van der Waals surface area (Å²) in [5.41, 5.74) is 0. The van der Waals surface area contributed by atoms with Gasteiger partial charge in [0.2, 0.25) is 11.8 Å². The molecule has 0 radical (unpaired) electrons. The van der Waals surface area contributed by atoms with Crippen LogP contribution in [0.2, 0.25) is 0 Å². The Kier molecular flexibility index (Phi) is 12.6. The van der Waals surface area contributed by atoms with Gasteiger partial charge in [0.05, 0.1) is 19.8 Å². The highest BCUT2D eigenvalue weighted by Gasteiger charge is 2.02. The lowest BCUT2D eigenvalue weighted by Crippen LogP contribution is -2.32. The van der Waals surface area contributed by atoms with Gasteiger partial charge >= 0.3 is 0 Å². The van der Waals surface area contributed by atoms with Crippen molar-refractivity contribution in [1.29, 1.82) is 0 Å². The predicted molar refractivity (Wildman–Crippen MR) is 77.9 cm³/mol. The summed E-state index contributed by atoms with van der Waals surface area (Å²) in [4.78, 5) is 33.1. The highest BCUT2D eigenvalue weighted by Crippen LogP contribution is 1.86. The van der Waals surface area contributed by atoms with E-state index in [2.05, 4.69) is 10.6 Å². The topological polar surface area (TPSA) is 93.7 Å². The van der Waals surface area contributed by atoms with Crippen molar-refractivity contribution in [2.24, 2.45) is 0 Å². The van der Waals surface area contributed by atoms with Crippen LogP contribution in [0.3, 0.4) is 0 Å². The van der Waals surface area contributed by atoms with Gasteiger partial charge in [-0.15, -0.1) is 0 Å². The third-order valence-corrected chi connectivity index (χ3v) is 2.40. The normalized spacial score (nSPS) is 10.2. The van der Waals surface area contributed by atoms with E-state index in [-0.39, 0.29) is 30.6 Å². The first kappa shape index (κ1) is 19.5. The zero-order chi connectivity index (χ0) is 15.9. The number of hydrogen-bond donors (Lipinski definition) is 2. The van der Waals surface area contributed by atoms with E-state index >= 15 is 0 Å². The molecule has 21 heavy (non-hydrogen) atoms. The van der Waals surface area contributed by atoms with Gasteiger partial charge in [0.1, 0.15) is 6.61 Å². The fourth-order valence-corrected chi connectivity index (χ4v) is 1.42. The minimum Gasteiger partial charge on any atom is -0.377 e. The number of ether oxygens (including phenoxy) is 2. The predicted octanol–water partition coefficient (Wildman–Crippen LogP) is 0.0312. The van der Waals surface area contributed by atoms with Gasteiger partial charge in [-0.3, -0.25) is 14.4 Å². The van der Waals surface area contributed by atoms with E-state index in [0.29, 0.717) is 39.3 Å². The Labute approximate surface area is 125 Å². The number of Topliss-reactive ketones (excluding diaryl/α,β-unsaturated/α-hetero) is 1. The summed E-state index contributed by atoms with van der Waals surface area (Å²) >= 11 is 0. The molecule has 0 atom stereocenters. The summed E-state index contributed by atoms with van der Waals surface area (Å²) in [5, 5.41) is 5.36. The Morgan fingerprint density at radius 1 is 0.857 bits per heavy atom. The van der Waals surface area contributed by atoms with E-state index in [9.17, 15) is 14.4 Å². The molecule has 2 N–H and O–H groups in total. The second-order valence-electron chi connectivity index (χ2n) is 4.57. The van der Waals surface area contributed by atoms with Crippen molar-refractivity contribution in [1.82, 2.24) is 10.6 Å². The number of rotatable bonds is 13. The number of carbonyl (C=O) groups is 3. The molecule has 2 amide bonds. The summed E-state index contributed by atoms with van der Waals surface area (Å²) in [7, 11) is 0. The summed E-state index contributed by atoms with van der Waals surface area (Å²) in [6, 6.07) is 0. The monoisotopic (exact) mass is 302 g/mol. The van der Waals surface area contributed by atoms with Gasteiger partial charge < -0.3 is 20.1 Å². The molecular weight excluding hydrogens is 276 g/mol. The first-order valence-corrected chi connectivity index (χ1v) is 7.24. The van der Waals surface area contributed by atoms with Crippen molar-refractivity contribution >= 4 is 17.6 Å². The maximum Gasteiger partial charge on any atom is 0.221 e. The number of carbonyl (C=O) groups excluding carboxylic acids is 3. The van der Waals surface area contributed by atoms with Crippen LogP contribution in [0.1, 0.15) is 33.1 Å². The lowest BCUT2D eigenvalue weighted by molar-refractivity contribution is -0.123. The van der Waals surface area contributed by atoms with Crippen molar-refractivity contribution in [2.75, 3.05) is 39.5 Å². The van der Waals surface area contributed by atoms with Gasteiger partial charge in [-0.25, -0.2) is 0 Å². The molecule has 0 aliphatic carbocycles. The summed E-state index contributed by atoms with van der Waals surface area (Å²) < 4.78 is 10.2. The summed E-state index contributed by atoms with van der Waals surface area (Å²) in [6.45, 7) is 5.38.